The second kappa shape index (κ2) is 1.95. The monoisotopic (exact) mass is 141 g/mol. The molecule has 58 valence electrons. The summed E-state index contributed by atoms with van der Waals surface area (Å²) in [6, 6.07) is 0.837. The Morgan fingerprint density at radius 1 is 1.40 bits per heavy atom. The van der Waals surface area contributed by atoms with Crippen LogP contribution < -0.4 is 0 Å². The Hall–Kier alpha value is -0.0800. The van der Waals surface area contributed by atoms with Crippen LogP contribution in [0.2, 0.25) is 0 Å². The maximum atomic E-state index is 5.63. The van der Waals surface area contributed by atoms with E-state index in [4.69, 9.17) is 4.74 Å². The molecular weight excluding hydrogens is 126 g/mol. The first-order valence-electron chi connectivity index (χ1n) is 4.11. The van der Waals surface area contributed by atoms with E-state index in [-0.39, 0.29) is 5.72 Å². The third kappa shape index (κ3) is 0.789. The third-order valence-corrected chi connectivity index (χ3v) is 2.74. The predicted molar refractivity (Wildman–Crippen MR) is 39.8 cm³/mol. The molecule has 2 aliphatic heterocycles. The average molecular weight is 141 g/mol. The molecule has 1 unspecified atom stereocenters. The van der Waals surface area contributed by atoms with Gasteiger partial charge >= 0.3 is 0 Å². The molecule has 2 saturated heterocycles. The molecular formula is C8H15NO. The molecule has 0 radical (unpaired) electrons. The predicted octanol–water partition coefficient (Wildman–Crippen LogP) is 1.22. The van der Waals surface area contributed by atoms with Crippen molar-refractivity contribution in [1.82, 2.24) is 4.90 Å². The summed E-state index contributed by atoms with van der Waals surface area (Å²) in [6.07, 6.45) is 2.62. The molecule has 2 fully saturated rings. The van der Waals surface area contributed by atoms with Crippen LogP contribution in [-0.2, 0) is 4.74 Å². The van der Waals surface area contributed by atoms with Gasteiger partial charge in [-0.15, -0.1) is 0 Å². The van der Waals surface area contributed by atoms with Crippen molar-refractivity contribution in [3.63, 3.8) is 0 Å². The van der Waals surface area contributed by atoms with Crippen LogP contribution in [0.15, 0.2) is 0 Å². The lowest BCUT2D eigenvalue weighted by atomic mass is 9.94. The van der Waals surface area contributed by atoms with Crippen LogP contribution in [-0.4, -0.2) is 29.8 Å². The molecule has 0 bridgehead atoms. The lowest BCUT2D eigenvalue weighted by Gasteiger charge is -2.54. The zero-order chi connectivity index (χ0) is 7.19. The van der Waals surface area contributed by atoms with Crippen molar-refractivity contribution in [3.8, 4) is 0 Å². The highest BCUT2D eigenvalue weighted by atomic mass is 16.5. The molecule has 2 nitrogen and oxygen atoms in total. The second-order valence-corrected chi connectivity index (χ2v) is 3.72. The van der Waals surface area contributed by atoms with Gasteiger partial charge in [0.15, 0.2) is 0 Å². The number of hydrogen-bond acceptors (Lipinski definition) is 2. The van der Waals surface area contributed by atoms with E-state index in [1.807, 2.05) is 0 Å². The van der Waals surface area contributed by atoms with Crippen molar-refractivity contribution in [2.45, 2.75) is 38.5 Å². The Bertz CT molecular complexity index is 144. The van der Waals surface area contributed by atoms with Crippen molar-refractivity contribution in [1.29, 1.82) is 0 Å². The molecule has 0 N–H and O–H groups in total. The molecule has 0 spiro atoms. The lowest BCUT2D eigenvalue weighted by Crippen LogP contribution is -2.62. The minimum atomic E-state index is 0.0289. The van der Waals surface area contributed by atoms with Gasteiger partial charge in [-0.2, -0.15) is 0 Å². The van der Waals surface area contributed by atoms with Crippen molar-refractivity contribution in [2.75, 3.05) is 13.2 Å². The number of nitrogens with zero attached hydrogens (tertiary/aromatic N) is 1. The minimum Gasteiger partial charge on any atom is -0.361 e. The van der Waals surface area contributed by atoms with Gasteiger partial charge in [-0.1, -0.05) is 0 Å². The largest absolute Gasteiger partial charge is 0.361 e. The first-order chi connectivity index (χ1) is 4.70. The molecule has 2 heteroatoms. The van der Waals surface area contributed by atoms with Gasteiger partial charge < -0.3 is 4.74 Å². The summed E-state index contributed by atoms with van der Waals surface area (Å²) in [4.78, 5) is 2.45. The smallest absolute Gasteiger partial charge is 0.116 e. The number of rotatable bonds is 0. The highest BCUT2D eigenvalue weighted by Gasteiger charge is 2.42. The van der Waals surface area contributed by atoms with Crippen LogP contribution in [0.1, 0.15) is 26.7 Å². The Balaban J connectivity index is 2.08. The average Bonchev–Trinajstić information content (AvgIpc) is 1.73. The Kier molecular flexibility index (Phi) is 1.29. The Morgan fingerprint density at radius 3 is 2.60 bits per heavy atom. The lowest BCUT2D eigenvalue weighted by molar-refractivity contribution is -0.218. The Morgan fingerprint density at radius 2 is 2.20 bits per heavy atom. The molecule has 0 aliphatic carbocycles. The normalized spacial score (nSPS) is 38.4. The molecule has 1 atom stereocenters. The van der Waals surface area contributed by atoms with Crippen molar-refractivity contribution in [2.24, 2.45) is 0 Å². The summed E-state index contributed by atoms with van der Waals surface area (Å²) >= 11 is 0. The van der Waals surface area contributed by atoms with Crippen LogP contribution in [0.5, 0.6) is 0 Å². The summed E-state index contributed by atoms with van der Waals surface area (Å²) < 4.78 is 5.63. The van der Waals surface area contributed by atoms with Crippen LogP contribution in [0.25, 0.3) is 0 Å². The van der Waals surface area contributed by atoms with E-state index < -0.39 is 0 Å². The molecule has 0 amide bonds. The van der Waals surface area contributed by atoms with Crippen molar-refractivity contribution < 1.29 is 4.74 Å². The topological polar surface area (TPSA) is 12.5 Å². The van der Waals surface area contributed by atoms with Crippen LogP contribution in [0.4, 0.5) is 0 Å². The van der Waals surface area contributed by atoms with E-state index in [1.54, 1.807) is 0 Å². The van der Waals surface area contributed by atoms with Gasteiger partial charge in [0.1, 0.15) is 5.72 Å². The maximum Gasteiger partial charge on any atom is 0.116 e. The van der Waals surface area contributed by atoms with E-state index in [1.165, 1.54) is 19.4 Å². The number of hydrogen-bond donors (Lipinski definition) is 0. The number of fused-ring (bicyclic) bond motifs is 1. The highest BCUT2D eigenvalue weighted by Crippen LogP contribution is 2.34. The highest BCUT2D eigenvalue weighted by molar-refractivity contribution is 4.91. The second-order valence-electron chi connectivity index (χ2n) is 3.72. The van der Waals surface area contributed by atoms with Gasteiger partial charge in [-0.25, -0.2) is 0 Å². The van der Waals surface area contributed by atoms with Crippen LogP contribution >= 0.6 is 0 Å². The molecule has 2 heterocycles. The fourth-order valence-electron chi connectivity index (χ4n) is 1.98. The zero-order valence-corrected chi connectivity index (χ0v) is 6.76. The molecule has 0 aromatic heterocycles. The minimum absolute atomic E-state index is 0.0289. The molecule has 0 aromatic carbocycles. The fourth-order valence-corrected chi connectivity index (χ4v) is 1.98. The number of ether oxygens (including phenoxy) is 1. The van der Waals surface area contributed by atoms with Gasteiger partial charge in [0, 0.05) is 12.6 Å². The van der Waals surface area contributed by atoms with Crippen molar-refractivity contribution >= 4 is 0 Å². The van der Waals surface area contributed by atoms with Gasteiger partial charge in [0.25, 0.3) is 0 Å². The third-order valence-electron chi connectivity index (χ3n) is 2.74. The maximum absolute atomic E-state index is 5.63. The summed E-state index contributed by atoms with van der Waals surface area (Å²) in [5, 5.41) is 0. The first-order valence-corrected chi connectivity index (χ1v) is 4.11. The van der Waals surface area contributed by atoms with Gasteiger partial charge in [0.2, 0.25) is 0 Å². The van der Waals surface area contributed by atoms with E-state index >= 15 is 0 Å². The standard InChI is InChI=1S/C8H15NO/c1-8(2)9-5-3-7(9)4-6-10-8/h7H,3-6H2,1-2H3. The first kappa shape index (κ1) is 6.62. The summed E-state index contributed by atoms with van der Waals surface area (Å²) in [7, 11) is 0. The quantitative estimate of drug-likeness (QED) is 0.503. The molecule has 2 aliphatic rings. The van der Waals surface area contributed by atoms with Gasteiger partial charge in [0.05, 0.1) is 6.61 Å². The van der Waals surface area contributed by atoms with Crippen molar-refractivity contribution in [3.05, 3.63) is 0 Å². The SMILES string of the molecule is CC1(C)OCCC2CCN21. The Labute approximate surface area is 62.2 Å². The van der Waals surface area contributed by atoms with Gasteiger partial charge in [-0.3, -0.25) is 4.90 Å². The van der Waals surface area contributed by atoms with Crippen LogP contribution in [0.3, 0.4) is 0 Å². The van der Waals surface area contributed by atoms with Gasteiger partial charge in [-0.05, 0) is 26.7 Å². The summed E-state index contributed by atoms with van der Waals surface area (Å²) in [6.45, 7) is 6.52. The fraction of sp³-hybridized carbons (Fsp3) is 1.00. The summed E-state index contributed by atoms with van der Waals surface area (Å²) in [5.74, 6) is 0. The van der Waals surface area contributed by atoms with E-state index in [9.17, 15) is 0 Å². The molecule has 0 aromatic rings. The van der Waals surface area contributed by atoms with Crippen LogP contribution in [0, 0.1) is 0 Å². The van der Waals surface area contributed by atoms with E-state index in [2.05, 4.69) is 18.7 Å². The van der Waals surface area contributed by atoms with E-state index in [0.717, 1.165) is 12.6 Å². The van der Waals surface area contributed by atoms with E-state index in [0.29, 0.717) is 0 Å². The molecule has 2 rings (SSSR count). The zero-order valence-electron chi connectivity index (χ0n) is 6.76. The molecule has 0 saturated carbocycles. The summed E-state index contributed by atoms with van der Waals surface area (Å²) in [5.41, 5.74) is 0.0289. The molecule has 10 heavy (non-hydrogen) atoms.